The molecule has 3 fully saturated rings. The average Bonchev–Trinajstić information content (AvgIpc) is 2.88. The van der Waals surface area contributed by atoms with Gasteiger partial charge in [-0.2, -0.15) is 0 Å². The van der Waals surface area contributed by atoms with Gasteiger partial charge in [0.1, 0.15) is 0 Å². The van der Waals surface area contributed by atoms with Gasteiger partial charge in [0.05, 0.1) is 6.10 Å². The molecule has 0 spiro atoms. The predicted octanol–water partition coefficient (Wildman–Crippen LogP) is 2.32. The van der Waals surface area contributed by atoms with Gasteiger partial charge in [0.25, 0.3) is 0 Å². The van der Waals surface area contributed by atoms with E-state index in [1.54, 1.807) is 0 Å². The lowest BCUT2D eigenvalue weighted by Gasteiger charge is -2.29. The lowest BCUT2D eigenvalue weighted by atomic mass is 9.86. The number of rotatable bonds is 3. The molecule has 2 heteroatoms. The lowest BCUT2D eigenvalue weighted by Crippen LogP contribution is -2.38. The van der Waals surface area contributed by atoms with E-state index in [-0.39, 0.29) is 6.10 Å². The minimum Gasteiger partial charge on any atom is -0.393 e. The Morgan fingerprint density at radius 1 is 1.00 bits per heavy atom. The molecule has 5 atom stereocenters. The third-order valence-electron chi connectivity index (χ3n) is 5.16. The van der Waals surface area contributed by atoms with E-state index < -0.39 is 0 Å². The Bertz CT molecular complexity index is 243. The molecule has 2 bridgehead atoms. The summed E-state index contributed by atoms with van der Waals surface area (Å²) < 4.78 is 0. The fourth-order valence-corrected chi connectivity index (χ4v) is 4.26. The van der Waals surface area contributed by atoms with Crippen molar-refractivity contribution >= 4 is 0 Å². The Hall–Kier alpha value is -0.0800. The molecule has 0 aliphatic heterocycles. The van der Waals surface area contributed by atoms with E-state index >= 15 is 0 Å². The maximum atomic E-state index is 9.65. The van der Waals surface area contributed by atoms with Gasteiger partial charge in [-0.3, -0.25) is 0 Å². The van der Waals surface area contributed by atoms with Gasteiger partial charge in [-0.05, 0) is 62.8 Å². The standard InChI is InChI=1S/C14H25NO/c16-13-3-1-2-11(7-13)9-15-14-8-10-4-5-12(14)6-10/h10-16H,1-9H2. The van der Waals surface area contributed by atoms with Crippen LogP contribution >= 0.6 is 0 Å². The van der Waals surface area contributed by atoms with Crippen LogP contribution in [0.2, 0.25) is 0 Å². The van der Waals surface area contributed by atoms with Crippen LogP contribution in [0.15, 0.2) is 0 Å². The topological polar surface area (TPSA) is 32.3 Å². The number of aliphatic hydroxyl groups excluding tert-OH is 1. The van der Waals surface area contributed by atoms with Crippen LogP contribution in [0, 0.1) is 17.8 Å². The van der Waals surface area contributed by atoms with Crippen molar-refractivity contribution < 1.29 is 5.11 Å². The van der Waals surface area contributed by atoms with E-state index in [0.717, 1.165) is 43.2 Å². The van der Waals surface area contributed by atoms with Crippen molar-refractivity contribution in [3.63, 3.8) is 0 Å². The second kappa shape index (κ2) is 4.66. The molecule has 0 radical (unpaired) electrons. The molecule has 0 aromatic rings. The summed E-state index contributed by atoms with van der Waals surface area (Å²) in [6.07, 6.45) is 10.5. The van der Waals surface area contributed by atoms with Crippen molar-refractivity contribution in [3.05, 3.63) is 0 Å². The molecule has 16 heavy (non-hydrogen) atoms. The summed E-state index contributed by atoms with van der Waals surface area (Å²) in [5.74, 6) is 2.76. The largest absolute Gasteiger partial charge is 0.393 e. The highest BCUT2D eigenvalue weighted by atomic mass is 16.3. The zero-order valence-electron chi connectivity index (χ0n) is 10.2. The van der Waals surface area contributed by atoms with Crippen molar-refractivity contribution in [2.75, 3.05) is 6.54 Å². The highest BCUT2D eigenvalue weighted by Gasteiger charge is 2.39. The van der Waals surface area contributed by atoms with E-state index in [1.165, 1.54) is 38.5 Å². The number of fused-ring (bicyclic) bond motifs is 2. The first-order chi connectivity index (χ1) is 7.81. The van der Waals surface area contributed by atoms with Gasteiger partial charge in [0.15, 0.2) is 0 Å². The Morgan fingerprint density at radius 3 is 2.62 bits per heavy atom. The fourth-order valence-electron chi connectivity index (χ4n) is 4.26. The summed E-state index contributed by atoms with van der Waals surface area (Å²) in [4.78, 5) is 0. The summed E-state index contributed by atoms with van der Waals surface area (Å²) in [7, 11) is 0. The molecule has 2 nitrogen and oxygen atoms in total. The van der Waals surface area contributed by atoms with Crippen LogP contribution < -0.4 is 5.32 Å². The molecule has 0 saturated heterocycles. The van der Waals surface area contributed by atoms with E-state index in [0.29, 0.717) is 0 Å². The van der Waals surface area contributed by atoms with Crippen molar-refractivity contribution in [2.24, 2.45) is 17.8 Å². The van der Waals surface area contributed by atoms with Crippen molar-refractivity contribution in [2.45, 2.75) is 63.5 Å². The first-order valence-electron chi connectivity index (χ1n) is 7.22. The summed E-state index contributed by atoms with van der Waals surface area (Å²) >= 11 is 0. The quantitative estimate of drug-likeness (QED) is 0.769. The molecule has 3 aliphatic carbocycles. The molecule has 0 aromatic heterocycles. The second-order valence-electron chi connectivity index (χ2n) is 6.38. The maximum absolute atomic E-state index is 9.65. The van der Waals surface area contributed by atoms with Crippen LogP contribution in [0.5, 0.6) is 0 Å². The molecular formula is C14H25NO. The van der Waals surface area contributed by atoms with Crippen molar-refractivity contribution in [1.29, 1.82) is 0 Å². The molecule has 0 amide bonds. The smallest absolute Gasteiger partial charge is 0.0543 e. The molecule has 3 rings (SSSR count). The molecule has 92 valence electrons. The van der Waals surface area contributed by atoms with Crippen LogP contribution in [0.3, 0.4) is 0 Å². The van der Waals surface area contributed by atoms with Gasteiger partial charge in [-0.1, -0.05) is 12.8 Å². The van der Waals surface area contributed by atoms with Crippen LogP contribution in [-0.4, -0.2) is 23.8 Å². The molecule has 3 saturated carbocycles. The minimum absolute atomic E-state index is 0.0134. The second-order valence-corrected chi connectivity index (χ2v) is 6.38. The average molecular weight is 223 g/mol. The predicted molar refractivity (Wildman–Crippen MR) is 65.2 cm³/mol. The normalized spacial score (nSPS) is 47.4. The van der Waals surface area contributed by atoms with E-state index in [4.69, 9.17) is 0 Å². The van der Waals surface area contributed by atoms with Gasteiger partial charge < -0.3 is 10.4 Å². The Kier molecular flexibility index (Phi) is 3.21. The maximum Gasteiger partial charge on any atom is 0.0543 e. The van der Waals surface area contributed by atoms with Crippen LogP contribution in [0.4, 0.5) is 0 Å². The van der Waals surface area contributed by atoms with Crippen molar-refractivity contribution in [1.82, 2.24) is 5.32 Å². The monoisotopic (exact) mass is 223 g/mol. The summed E-state index contributed by atoms with van der Waals surface area (Å²) in [5.41, 5.74) is 0. The molecule has 0 heterocycles. The minimum atomic E-state index is -0.0134. The fraction of sp³-hybridized carbons (Fsp3) is 1.00. The van der Waals surface area contributed by atoms with E-state index in [2.05, 4.69) is 5.32 Å². The molecule has 0 aromatic carbocycles. The number of nitrogens with one attached hydrogen (secondary N) is 1. The number of aliphatic hydroxyl groups is 1. The van der Waals surface area contributed by atoms with E-state index in [1.807, 2.05) is 0 Å². The third-order valence-corrected chi connectivity index (χ3v) is 5.16. The summed E-state index contributed by atoms with van der Waals surface area (Å²) in [6.45, 7) is 1.16. The molecule has 2 N–H and O–H groups in total. The van der Waals surface area contributed by atoms with Gasteiger partial charge >= 0.3 is 0 Å². The van der Waals surface area contributed by atoms with E-state index in [9.17, 15) is 5.11 Å². The first-order valence-corrected chi connectivity index (χ1v) is 7.22. The Balaban J connectivity index is 1.42. The Labute approximate surface area is 98.8 Å². The van der Waals surface area contributed by atoms with Crippen molar-refractivity contribution in [3.8, 4) is 0 Å². The zero-order chi connectivity index (χ0) is 11.0. The molecule has 3 aliphatic rings. The third kappa shape index (κ3) is 2.28. The summed E-state index contributed by atoms with van der Waals surface area (Å²) in [6, 6.07) is 0.817. The highest BCUT2D eigenvalue weighted by Crippen LogP contribution is 2.44. The van der Waals surface area contributed by atoms with Gasteiger partial charge in [-0.25, -0.2) is 0 Å². The molecular weight excluding hydrogens is 198 g/mol. The van der Waals surface area contributed by atoms with Gasteiger partial charge in [-0.15, -0.1) is 0 Å². The van der Waals surface area contributed by atoms with Crippen LogP contribution in [0.1, 0.15) is 51.4 Å². The zero-order valence-corrected chi connectivity index (χ0v) is 10.2. The van der Waals surface area contributed by atoms with Crippen LogP contribution in [-0.2, 0) is 0 Å². The number of hydrogen-bond donors (Lipinski definition) is 2. The number of hydrogen-bond acceptors (Lipinski definition) is 2. The highest BCUT2D eigenvalue weighted by molar-refractivity contribution is 4.94. The van der Waals surface area contributed by atoms with Gasteiger partial charge in [0.2, 0.25) is 0 Å². The Morgan fingerprint density at radius 2 is 1.94 bits per heavy atom. The lowest BCUT2D eigenvalue weighted by molar-refractivity contribution is 0.0986. The molecule has 5 unspecified atom stereocenters. The van der Waals surface area contributed by atoms with Crippen LogP contribution in [0.25, 0.3) is 0 Å². The summed E-state index contributed by atoms with van der Waals surface area (Å²) in [5, 5.41) is 13.4. The first kappa shape index (κ1) is 11.0. The van der Waals surface area contributed by atoms with Gasteiger partial charge in [0, 0.05) is 6.04 Å². The SMILES string of the molecule is OC1CCCC(CNC2CC3CCC2C3)C1.